The van der Waals surface area contributed by atoms with Crippen molar-refractivity contribution >= 4 is 26.1 Å². The summed E-state index contributed by atoms with van der Waals surface area (Å²) in [5, 5.41) is 0.839. The molecule has 1 rings (SSSR count). The van der Waals surface area contributed by atoms with Gasteiger partial charge in [-0.05, 0) is 33.1 Å². The molecule has 0 aromatic carbocycles. The number of alkyl halides is 1. The number of piperidine rings is 1. The molecule has 6 heteroatoms. The minimum absolute atomic E-state index is 0.0287. The third-order valence-electron chi connectivity index (χ3n) is 3.03. The molecule has 0 atom stereocenters. The van der Waals surface area contributed by atoms with Crippen LogP contribution in [0.3, 0.4) is 0 Å². The van der Waals surface area contributed by atoms with Crippen LogP contribution in [-0.4, -0.2) is 48.0 Å². The summed E-state index contributed by atoms with van der Waals surface area (Å²) in [6, 6.07) is 0.0287. The third-order valence-corrected chi connectivity index (χ3v) is 5.80. The average Bonchev–Trinajstić information content (AvgIpc) is 2.30. The van der Waals surface area contributed by atoms with Gasteiger partial charge in [0.2, 0.25) is 0 Å². The van der Waals surface area contributed by atoms with Crippen LogP contribution in [0.4, 0.5) is 0 Å². The lowest BCUT2D eigenvalue weighted by atomic mass is 10.2. The molecule has 0 aromatic heterocycles. The third kappa shape index (κ3) is 4.19. The van der Waals surface area contributed by atoms with E-state index in [1.54, 1.807) is 8.61 Å². The van der Waals surface area contributed by atoms with Gasteiger partial charge in [0.15, 0.2) is 0 Å². The Balaban J connectivity index is 2.75. The minimum Gasteiger partial charge on any atom is -0.195 e. The van der Waals surface area contributed by atoms with Crippen LogP contribution in [0.25, 0.3) is 0 Å². The maximum atomic E-state index is 12.5. The minimum atomic E-state index is -3.25. The summed E-state index contributed by atoms with van der Waals surface area (Å²) < 4.78 is 28.2. The molecule has 1 aliphatic heterocycles. The van der Waals surface area contributed by atoms with Crippen molar-refractivity contribution in [2.75, 3.05) is 25.0 Å². The van der Waals surface area contributed by atoms with E-state index in [0.29, 0.717) is 19.6 Å². The molecule has 1 fully saturated rings. The number of rotatable bonds is 6. The Labute approximate surface area is 114 Å². The summed E-state index contributed by atoms with van der Waals surface area (Å²) in [6.45, 7) is 5.84. The van der Waals surface area contributed by atoms with Crippen LogP contribution in [0.2, 0.25) is 0 Å². The van der Waals surface area contributed by atoms with Gasteiger partial charge < -0.3 is 0 Å². The van der Waals surface area contributed by atoms with Crippen LogP contribution in [0.1, 0.15) is 39.5 Å². The summed E-state index contributed by atoms with van der Waals surface area (Å²) >= 11 is 3.35. The molecule has 0 saturated carbocycles. The van der Waals surface area contributed by atoms with Gasteiger partial charge in [0.1, 0.15) is 0 Å². The lowest BCUT2D eigenvalue weighted by Crippen LogP contribution is -2.49. The van der Waals surface area contributed by atoms with E-state index in [2.05, 4.69) is 15.9 Å². The molecule has 0 unspecified atom stereocenters. The highest BCUT2D eigenvalue weighted by atomic mass is 79.9. The number of halogens is 1. The molecular weight excluding hydrogens is 304 g/mol. The van der Waals surface area contributed by atoms with E-state index >= 15 is 0 Å². The second-order valence-electron chi connectivity index (χ2n) is 4.71. The van der Waals surface area contributed by atoms with Crippen LogP contribution >= 0.6 is 15.9 Å². The maximum Gasteiger partial charge on any atom is 0.282 e. The van der Waals surface area contributed by atoms with E-state index < -0.39 is 10.2 Å². The zero-order chi connectivity index (χ0) is 12.9. The zero-order valence-corrected chi connectivity index (χ0v) is 13.1. The van der Waals surface area contributed by atoms with Gasteiger partial charge >= 0.3 is 0 Å². The molecule has 0 radical (unpaired) electrons. The van der Waals surface area contributed by atoms with Crippen LogP contribution in [0.5, 0.6) is 0 Å². The second kappa shape index (κ2) is 7.07. The van der Waals surface area contributed by atoms with E-state index in [1.807, 2.05) is 13.8 Å². The Morgan fingerprint density at radius 1 is 1.24 bits per heavy atom. The predicted octanol–water partition coefficient (Wildman–Crippen LogP) is 2.21. The van der Waals surface area contributed by atoms with Crippen molar-refractivity contribution in [2.24, 2.45) is 0 Å². The molecule has 0 N–H and O–H groups in total. The first-order valence-electron chi connectivity index (χ1n) is 6.33. The van der Waals surface area contributed by atoms with Crippen LogP contribution in [0, 0.1) is 0 Å². The van der Waals surface area contributed by atoms with Crippen molar-refractivity contribution in [3.63, 3.8) is 0 Å². The van der Waals surface area contributed by atoms with Gasteiger partial charge in [-0.3, -0.25) is 0 Å². The van der Waals surface area contributed by atoms with Crippen molar-refractivity contribution in [2.45, 2.75) is 45.6 Å². The van der Waals surface area contributed by atoms with E-state index in [0.717, 1.165) is 31.0 Å². The Morgan fingerprint density at radius 2 is 1.82 bits per heavy atom. The predicted molar refractivity (Wildman–Crippen MR) is 74.6 cm³/mol. The summed E-state index contributed by atoms with van der Waals surface area (Å²) in [6.07, 6.45) is 3.98. The largest absolute Gasteiger partial charge is 0.282 e. The molecule has 0 bridgehead atoms. The number of nitrogens with zero attached hydrogens (tertiary/aromatic N) is 2. The van der Waals surface area contributed by atoms with Gasteiger partial charge in [0.25, 0.3) is 10.2 Å². The Kier molecular flexibility index (Phi) is 6.40. The highest BCUT2D eigenvalue weighted by Gasteiger charge is 2.31. The lowest BCUT2D eigenvalue weighted by Gasteiger charge is -2.34. The number of hydrogen-bond acceptors (Lipinski definition) is 2. The topological polar surface area (TPSA) is 40.6 Å². The van der Waals surface area contributed by atoms with Gasteiger partial charge in [0, 0.05) is 31.0 Å². The SMILES string of the molecule is CC(C)N(CCCBr)S(=O)(=O)N1CCCCC1. The zero-order valence-electron chi connectivity index (χ0n) is 10.7. The molecule has 1 saturated heterocycles. The first kappa shape index (κ1) is 15.4. The first-order valence-corrected chi connectivity index (χ1v) is 8.85. The molecule has 4 nitrogen and oxygen atoms in total. The molecule has 0 amide bonds. The fourth-order valence-electron chi connectivity index (χ4n) is 2.10. The van der Waals surface area contributed by atoms with Crippen LogP contribution in [0.15, 0.2) is 0 Å². The van der Waals surface area contributed by atoms with Crippen LogP contribution in [-0.2, 0) is 10.2 Å². The number of hydrogen-bond donors (Lipinski definition) is 0. The monoisotopic (exact) mass is 326 g/mol. The van der Waals surface area contributed by atoms with Crippen molar-refractivity contribution in [1.82, 2.24) is 8.61 Å². The first-order chi connectivity index (χ1) is 8.00. The van der Waals surface area contributed by atoms with Crippen molar-refractivity contribution < 1.29 is 8.42 Å². The summed E-state index contributed by atoms with van der Waals surface area (Å²) in [7, 11) is -3.25. The fourth-order valence-corrected chi connectivity index (χ4v) is 4.26. The van der Waals surface area contributed by atoms with E-state index in [-0.39, 0.29) is 6.04 Å². The Hall–Kier alpha value is 0.350. The molecule has 0 spiro atoms. The van der Waals surface area contributed by atoms with Gasteiger partial charge in [-0.25, -0.2) is 0 Å². The lowest BCUT2D eigenvalue weighted by molar-refractivity contribution is 0.281. The highest BCUT2D eigenvalue weighted by molar-refractivity contribution is 9.09. The fraction of sp³-hybridized carbons (Fsp3) is 1.00. The molecule has 17 heavy (non-hydrogen) atoms. The standard InChI is InChI=1S/C11H23BrN2O2S/c1-11(2)14(10-6-7-12)17(15,16)13-8-4-3-5-9-13/h11H,3-10H2,1-2H3. The van der Waals surface area contributed by atoms with Gasteiger partial charge in [0.05, 0.1) is 0 Å². The normalized spacial score (nSPS) is 19.1. The average molecular weight is 327 g/mol. The van der Waals surface area contributed by atoms with Crippen LogP contribution < -0.4 is 0 Å². The van der Waals surface area contributed by atoms with E-state index in [1.165, 1.54) is 0 Å². The molecule has 1 heterocycles. The Bertz CT molecular complexity index is 313. The second-order valence-corrected chi connectivity index (χ2v) is 7.39. The molecular formula is C11H23BrN2O2S. The quantitative estimate of drug-likeness (QED) is 0.702. The summed E-state index contributed by atoms with van der Waals surface area (Å²) in [4.78, 5) is 0. The van der Waals surface area contributed by atoms with Gasteiger partial charge in [-0.2, -0.15) is 17.0 Å². The maximum absolute atomic E-state index is 12.5. The van der Waals surface area contributed by atoms with Gasteiger partial charge in [-0.1, -0.05) is 22.4 Å². The van der Waals surface area contributed by atoms with Crippen molar-refractivity contribution in [3.8, 4) is 0 Å². The molecule has 102 valence electrons. The van der Waals surface area contributed by atoms with Crippen molar-refractivity contribution in [3.05, 3.63) is 0 Å². The summed E-state index contributed by atoms with van der Waals surface area (Å²) in [5.74, 6) is 0. The molecule has 1 aliphatic rings. The van der Waals surface area contributed by atoms with E-state index in [4.69, 9.17) is 0 Å². The highest BCUT2D eigenvalue weighted by Crippen LogP contribution is 2.18. The van der Waals surface area contributed by atoms with Gasteiger partial charge in [-0.15, -0.1) is 0 Å². The molecule has 0 aromatic rings. The van der Waals surface area contributed by atoms with E-state index in [9.17, 15) is 8.42 Å². The summed E-state index contributed by atoms with van der Waals surface area (Å²) in [5.41, 5.74) is 0. The molecule has 0 aliphatic carbocycles. The Morgan fingerprint density at radius 3 is 2.29 bits per heavy atom. The smallest absolute Gasteiger partial charge is 0.195 e. The van der Waals surface area contributed by atoms with Crippen molar-refractivity contribution in [1.29, 1.82) is 0 Å².